The van der Waals surface area contributed by atoms with Crippen molar-refractivity contribution in [3.05, 3.63) is 117 Å². The van der Waals surface area contributed by atoms with Crippen LogP contribution in [0.1, 0.15) is 105 Å². The highest BCUT2D eigenvalue weighted by molar-refractivity contribution is 6.32. The molecule has 12 rings (SSSR count). The van der Waals surface area contributed by atoms with Crippen molar-refractivity contribution >= 4 is 64.6 Å². The molecule has 2 saturated heterocycles. The van der Waals surface area contributed by atoms with Crippen molar-refractivity contribution in [3.63, 3.8) is 0 Å². The minimum atomic E-state index is -2.29. The smallest absolute Gasteiger partial charge is 0.330 e. The normalized spacial score (nSPS) is 29.7. The van der Waals surface area contributed by atoms with Gasteiger partial charge in [-0.25, -0.2) is 4.79 Å². The van der Waals surface area contributed by atoms with Gasteiger partial charge < -0.3 is 128 Å². The molecular weight excluding hydrogens is 1360 g/mol. The zero-order chi connectivity index (χ0) is 72.7. The fourth-order valence-corrected chi connectivity index (χ4v) is 13.1. The van der Waals surface area contributed by atoms with Crippen LogP contribution in [-0.4, -0.2) is 192 Å². The maximum atomic E-state index is 16.0. The number of benzene rings is 5. The van der Waals surface area contributed by atoms with Gasteiger partial charge in [0, 0.05) is 47.3 Å². The molecule has 7 aliphatic rings. The molecule has 100 heavy (non-hydrogen) atoms. The maximum absolute atomic E-state index is 16.0. The second kappa shape index (κ2) is 30.2. The van der Waals surface area contributed by atoms with Gasteiger partial charge in [-0.15, -0.1) is 0 Å². The Morgan fingerprint density at radius 1 is 0.720 bits per heavy atom. The monoisotopic (exact) mass is 1430 g/mol. The number of phenolic OH excluding ortho intramolecular Hbond substituents is 3. The zero-order valence-corrected chi connectivity index (χ0v) is 55.6. The van der Waals surface area contributed by atoms with Crippen LogP contribution < -0.4 is 62.9 Å². The second-order valence-electron chi connectivity index (χ2n) is 25.8. The van der Waals surface area contributed by atoms with Crippen LogP contribution in [-0.2, 0) is 47.8 Å². The number of phenols is 3. The summed E-state index contributed by atoms with van der Waals surface area (Å²) in [6.45, 7) is 6.02. The number of aromatic hydroxyl groups is 3. The Morgan fingerprint density at radius 2 is 1.33 bits per heavy atom. The van der Waals surface area contributed by atoms with E-state index in [1.807, 2.05) is 13.8 Å². The van der Waals surface area contributed by atoms with Gasteiger partial charge in [-0.05, 0) is 110 Å². The van der Waals surface area contributed by atoms with Crippen LogP contribution in [0.2, 0.25) is 10.0 Å². The van der Waals surface area contributed by atoms with E-state index in [0.717, 1.165) is 60.7 Å². The van der Waals surface area contributed by atoms with Gasteiger partial charge >= 0.3 is 5.97 Å². The van der Waals surface area contributed by atoms with E-state index in [1.165, 1.54) is 32.0 Å². The molecule has 5 aromatic carbocycles. The number of primary amides is 1. The van der Waals surface area contributed by atoms with Crippen molar-refractivity contribution in [1.29, 1.82) is 0 Å². The van der Waals surface area contributed by atoms with Crippen molar-refractivity contribution in [2.45, 2.75) is 156 Å². The SMILES string of the molecule is CN[C@@H](CN[C@H]1C(=O)N[C@@H](CC(N)=O)C(=O)N[C@H]2C(=O)N[C@H]3C(=O)N[C@H](C(=O)N[C@H](C(=O)O)c4cc(O)cc(O)c4-c4cc3ccc4O)[C@H](O)c3ccc(c(Cl)c3)Oc3cc2cc(c3O[C@@H]2O[C@H](CO)[C@@H](O)[C@H](O)[C@H]2O[C@H]2C[C@](C)(N)[C@H](O)[C@H](C)O2)Oc2ccc(cc2Cl)[C@H]1O)CC(C)C. The Kier molecular flexibility index (Phi) is 22.4. The molecule has 0 radical (unpaired) electrons. The van der Waals surface area contributed by atoms with E-state index in [-0.39, 0.29) is 58.1 Å². The number of ether oxygens (including phenoxy) is 6. The fraction of sp³-hybridized carbons (Fsp3) is 0.439. The molecule has 0 aromatic heterocycles. The molecule has 5 aromatic rings. The number of nitrogens with one attached hydrogen (secondary N) is 7. The van der Waals surface area contributed by atoms with Crippen LogP contribution in [0, 0.1) is 5.92 Å². The predicted octanol–water partition coefficient (Wildman–Crippen LogP) is 0.580. The van der Waals surface area contributed by atoms with Crippen molar-refractivity contribution in [1.82, 2.24) is 37.2 Å². The van der Waals surface area contributed by atoms with Crippen LogP contribution in [0.4, 0.5) is 0 Å². The number of amides is 6. The summed E-state index contributed by atoms with van der Waals surface area (Å²) in [7, 11) is 1.68. The van der Waals surface area contributed by atoms with E-state index >= 15 is 14.4 Å². The van der Waals surface area contributed by atoms with E-state index in [9.17, 15) is 70.2 Å². The third-order valence-electron chi connectivity index (χ3n) is 17.9. The van der Waals surface area contributed by atoms with Crippen LogP contribution in [0.5, 0.6) is 46.0 Å². The number of aliphatic hydroxyl groups excluding tert-OH is 6. The molecule has 2 fully saturated rings. The van der Waals surface area contributed by atoms with Crippen LogP contribution in [0.25, 0.3) is 11.1 Å². The second-order valence-corrected chi connectivity index (χ2v) is 26.6. The summed E-state index contributed by atoms with van der Waals surface area (Å²) in [5, 5.41) is 132. The largest absolute Gasteiger partial charge is 0.508 e. The summed E-state index contributed by atoms with van der Waals surface area (Å²) in [4.78, 5) is 103. The molecule has 538 valence electrons. The number of hydrogen-bond donors (Lipinski definition) is 19. The lowest BCUT2D eigenvalue weighted by Gasteiger charge is -2.47. The Labute approximate surface area is 580 Å². The number of hydrogen-bond acceptors (Lipinski definition) is 25. The maximum Gasteiger partial charge on any atom is 0.330 e. The van der Waals surface area contributed by atoms with Gasteiger partial charge in [-0.1, -0.05) is 55.2 Å². The lowest BCUT2D eigenvalue weighted by Crippen LogP contribution is -2.64. The molecule has 34 heteroatoms. The quantitative estimate of drug-likeness (QED) is 0.0723. The van der Waals surface area contributed by atoms with E-state index in [4.69, 9.17) is 63.1 Å². The third-order valence-corrected chi connectivity index (χ3v) is 18.4. The first-order valence-electron chi connectivity index (χ1n) is 31.6. The number of halogens is 2. The van der Waals surface area contributed by atoms with Gasteiger partial charge in [0.2, 0.25) is 47.5 Å². The van der Waals surface area contributed by atoms with Gasteiger partial charge in [0.15, 0.2) is 29.9 Å². The Morgan fingerprint density at radius 3 is 1.92 bits per heavy atom. The summed E-state index contributed by atoms with van der Waals surface area (Å²) in [6, 6.07) is 1.14. The molecule has 6 amide bonds. The average Bonchev–Trinajstić information content (AvgIpc) is 0.772. The topological polar surface area (TPSA) is 513 Å². The highest BCUT2D eigenvalue weighted by Gasteiger charge is 2.51. The number of aliphatic hydroxyl groups is 6. The number of carboxylic acids is 1. The number of aliphatic carboxylic acids is 1. The summed E-state index contributed by atoms with van der Waals surface area (Å²) in [6.07, 6.45) is -17.7. The van der Waals surface area contributed by atoms with Crippen LogP contribution in [0.15, 0.2) is 78.9 Å². The summed E-state index contributed by atoms with van der Waals surface area (Å²) in [5.41, 5.74) is 8.36. The standard InChI is InChI=1S/C66H77Cl2N9O23/c1-24(2)12-30(71-5)22-72-50-52(83)27-7-10-39(34(67)14-27)96-41-16-29-17-42(56(41)100-65-57(55(86)54(85)43(23-78)98-65)99-45-21-66(4,70)58(87)25(3)95-45)97-40-11-8-28(15-35(40)68)53(84)51-63(92)76-49(64(93)94)33-18-31(79)19-38(81)46(33)32-13-26(6-9-37(32)80)47(60(89)77-51)75-61(90)48(29)74-59(88)36(20-44(69)82)73-62(50)91/h6-11,13-19,24-25,30,36,43,45,47-55,57-58,65,71-72,78-81,83-87H,12,20-23,70H2,1-5H3,(H2,69,82)(H,73,91)(H,74,88)(H,75,90)(H,76,92)(H,77,89)(H,93,94)/t25-,30+,36-,43+,45-,47+,48+,49-,50+,51-,52+,53+,54+,55-,57+,58+,65-,66-/m0/s1. The van der Waals surface area contributed by atoms with E-state index in [0.29, 0.717) is 6.42 Å². The van der Waals surface area contributed by atoms with E-state index in [2.05, 4.69) is 37.2 Å². The van der Waals surface area contributed by atoms with Crippen molar-refractivity contribution in [2.75, 3.05) is 20.2 Å². The number of fused-ring (bicyclic) bond motifs is 15. The predicted molar refractivity (Wildman–Crippen MR) is 349 cm³/mol. The first-order valence-corrected chi connectivity index (χ1v) is 32.4. The fourth-order valence-electron chi connectivity index (χ4n) is 12.6. The number of carbonyl (C=O) groups excluding carboxylic acids is 6. The van der Waals surface area contributed by atoms with Crippen LogP contribution >= 0.6 is 23.2 Å². The number of carbonyl (C=O) groups is 7. The molecular formula is C66H77Cl2N9O23. The van der Waals surface area contributed by atoms with Crippen molar-refractivity contribution in [2.24, 2.45) is 17.4 Å². The van der Waals surface area contributed by atoms with Crippen LogP contribution in [0.3, 0.4) is 0 Å². The van der Waals surface area contributed by atoms with Gasteiger partial charge in [0.1, 0.15) is 89.5 Å². The molecule has 0 saturated carbocycles. The van der Waals surface area contributed by atoms with Gasteiger partial charge in [-0.3, -0.25) is 28.8 Å². The van der Waals surface area contributed by atoms with E-state index in [1.54, 1.807) is 7.05 Å². The molecule has 0 aliphatic carbocycles. The molecule has 7 heterocycles. The summed E-state index contributed by atoms with van der Waals surface area (Å²) >= 11 is 14.2. The first kappa shape index (κ1) is 74.0. The molecule has 0 spiro atoms. The van der Waals surface area contributed by atoms with Crippen molar-refractivity contribution < 1.29 is 113 Å². The molecule has 18 atom stereocenters. The first-order chi connectivity index (χ1) is 47.2. The summed E-state index contributed by atoms with van der Waals surface area (Å²) < 4.78 is 38.4. The Balaban J connectivity index is 1.23. The molecule has 32 nitrogen and oxygen atoms in total. The van der Waals surface area contributed by atoms with Crippen molar-refractivity contribution in [3.8, 4) is 57.1 Å². The molecule has 21 N–H and O–H groups in total. The number of carboxylic acid groups (broad SMARTS) is 1. The Hall–Kier alpha value is -8.71. The highest BCUT2D eigenvalue weighted by Crippen LogP contribution is 2.50. The van der Waals surface area contributed by atoms with E-state index < -0.39 is 219 Å². The van der Waals surface area contributed by atoms with Gasteiger partial charge in [-0.2, -0.15) is 0 Å². The number of nitrogens with two attached hydrogens (primary N) is 2. The third kappa shape index (κ3) is 15.7. The molecule has 7 aliphatic heterocycles. The minimum absolute atomic E-state index is 0.00744. The Bertz CT molecular complexity index is 3980. The highest BCUT2D eigenvalue weighted by atomic mass is 35.5. The number of likely N-dealkylation sites (N-methyl/N-ethyl adjacent to an activating group) is 1. The lowest BCUT2D eigenvalue weighted by atomic mass is 9.86. The average molecular weight is 1440 g/mol. The molecule has 0 unspecified atom stereocenters. The zero-order valence-electron chi connectivity index (χ0n) is 54.1. The lowest BCUT2D eigenvalue weighted by molar-refractivity contribution is -0.333. The minimum Gasteiger partial charge on any atom is -0.508 e. The number of rotatable bonds is 14. The molecule has 11 bridgehead atoms. The van der Waals surface area contributed by atoms with Gasteiger partial charge in [0.25, 0.3) is 0 Å². The van der Waals surface area contributed by atoms with Gasteiger partial charge in [0.05, 0.1) is 35.3 Å². The summed E-state index contributed by atoms with van der Waals surface area (Å²) in [5.74, 6) is -14.2.